The van der Waals surface area contributed by atoms with Gasteiger partial charge in [0.05, 0.1) is 17.7 Å². The molecule has 32 heavy (non-hydrogen) atoms. The zero-order chi connectivity index (χ0) is 22.7. The van der Waals surface area contributed by atoms with E-state index in [9.17, 15) is 9.90 Å². The van der Waals surface area contributed by atoms with Crippen LogP contribution < -0.4 is 15.4 Å². The Morgan fingerprint density at radius 3 is 2.62 bits per heavy atom. The molecule has 1 amide bonds. The quantitative estimate of drug-likeness (QED) is 0.465. The monoisotopic (exact) mass is 433 g/mol. The molecule has 3 aromatic rings. The van der Waals surface area contributed by atoms with Crippen LogP contribution in [0.2, 0.25) is 0 Å². The topological polar surface area (TPSA) is 83.5 Å². The maximum Gasteiger partial charge on any atom is 0.255 e. The number of carbonyl (C=O) groups is 1. The number of nitrogens with zero attached hydrogens (tertiary/aromatic N) is 1. The Hall–Kier alpha value is -2.96. The molecule has 1 heterocycles. The van der Waals surface area contributed by atoms with Crippen molar-refractivity contribution in [3.63, 3.8) is 0 Å². The maximum absolute atomic E-state index is 12.7. The summed E-state index contributed by atoms with van der Waals surface area (Å²) in [5.74, 6) is 1.34. The van der Waals surface area contributed by atoms with Gasteiger partial charge in [-0.15, -0.1) is 0 Å². The fraction of sp³-hybridized carbons (Fsp3) is 0.385. The van der Waals surface area contributed by atoms with Crippen LogP contribution in [0.5, 0.6) is 5.75 Å². The Balaban J connectivity index is 1.41. The first-order chi connectivity index (χ1) is 15.3. The van der Waals surface area contributed by atoms with Crippen LogP contribution in [0.15, 0.2) is 48.7 Å². The van der Waals surface area contributed by atoms with Gasteiger partial charge in [-0.05, 0) is 87.1 Å². The molecule has 1 saturated carbocycles. The maximum atomic E-state index is 12.7. The molecular formula is C26H31N3O3. The van der Waals surface area contributed by atoms with Crippen LogP contribution in [-0.2, 0) is 6.54 Å². The number of aryl methyl sites for hydroxylation is 1. The molecule has 6 nitrogen and oxygen atoms in total. The molecule has 0 aliphatic heterocycles. The van der Waals surface area contributed by atoms with Crippen molar-refractivity contribution in [3.8, 4) is 5.75 Å². The van der Waals surface area contributed by atoms with Crippen molar-refractivity contribution in [2.24, 2.45) is 5.92 Å². The number of anilines is 1. The lowest BCUT2D eigenvalue weighted by Gasteiger charge is -2.17. The molecule has 4 rings (SSSR count). The van der Waals surface area contributed by atoms with Crippen LogP contribution in [0.1, 0.15) is 48.2 Å². The number of hydrogen-bond acceptors (Lipinski definition) is 5. The van der Waals surface area contributed by atoms with E-state index in [1.165, 1.54) is 12.8 Å². The van der Waals surface area contributed by atoms with Crippen LogP contribution in [0.3, 0.4) is 0 Å². The van der Waals surface area contributed by atoms with E-state index in [2.05, 4.69) is 21.7 Å². The van der Waals surface area contributed by atoms with Crippen molar-refractivity contribution in [3.05, 3.63) is 65.4 Å². The summed E-state index contributed by atoms with van der Waals surface area (Å²) in [7, 11) is 0. The van der Waals surface area contributed by atoms with Gasteiger partial charge in [0, 0.05) is 35.9 Å². The lowest BCUT2D eigenvalue weighted by Crippen LogP contribution is -2.34. The number of benzene rings is 2. The van der Waals surface area contributed by atoms with Crippen molar-refractivity contribution >= 4 is 22.5 Å². The highest BCUT2D eigenvalue weighted by molar-refractivity contribution is 6.06. The van der Waals surface area contributed by atoms with Gasteiger partial charge in [0.2, 0.25) is 0 Å². The Bertz CT molecular complexity index is 1100. The Morgan fingerprint density at radius 2 is 1.94 bits per heavy atom. The fourth-order valence-electron chi connectivity index (χ4n) is 3.53. The Kier molecular flexibility index (Phi) is 6.44. The summed E-state index contributed by atoms with van der Waals surface area (Å²) < 4.78 is 5.74. The number of rotatable bonds is 9. The average molecular weight is 434 g/mol. The van der Waals surface area contributed by atoms with E-state index in [1.54, 1.807) is 26.0 Å². The van der Waals surface area contributed by atoms with E-state index in [1.807, 2.05) is 37.4 Å². The van der Waals surface area contributed by atoms with E-state index in [-0.39, 0.29) is 5.91 Å². The van der Waals surface area contributed by atoms with Gasteiger partial charge < -0.3 is 20.5 Å². The molecule has 0 unspecified atom stereocenters. The molecule has 1 aliphatic carbocycles. The van der Waals surface area contributed by atoms with Crippen molar-refractivity contribution < 1.29 is 14.6 Å². The number of hydrogen-bond donors (Lipinski definition) is 3. The number of aromatic nitrogens is 1. The molecule has 1 aromatic heterocycles. The summed E-state index contributed by atoms with van der Waals surface area (Å²) in [6.07, 6.45) is 4.33. The van der Waals surface area contributed by atoms with Gasteiger partial charge in [0.1, 0.15) is 5.75 Å². The summed E-state index contributed by atoms with van der Waals surface area (Å²) in [5, 5.41) is 17.1. The minimum atomic E-state index is -0.752. The molecule has 0 bridgehead atoms. The summed E-state index contributed by atoms with van der Waals surface area (Å²) in [6, 6.07) is 13.2. The summed E-state index contributed by atoms with van der Waals surface area (Å²) in [5.41, 5.74) is 3.41. The van der Waals surface area contributed by atoms with Gasteiger partial charge in [0.15, 0.2) is 0 Å². The number of amides is 1. The molecule has 1 aliphatic rings. The number of ether oxygens (including phenoxy) is 1. The highest BCUT2D eigenvalue weighted by Gasteiger charge is 2.22. The van der Waals surface area contributed by atoms with Gasteiger partial charge in [-0.1, -0.05) is 6.07 Å². The van der Waals surface area contributed by atoms with Crippen LogP contribution in [0.4, 0.5) is 5.69 Å². The molecule has 168 valence electrons. The summed E-state index contributed by atoms with van der Waals surface area (Å²) >= 11 is 0. The lowest BCUT2D eigenvalue weighted by molar-refractivity contribution is 0.0795. The average Bonchev–Trinajstić information content (AvgIpc) is 3.58. The highest BCUT2D eigenvalue weighted by atomic mass is 16.5. The van der Waals surface area contributed by atoms with Gasteiger partial charge >= 0.3 is 0 Å². The van der Waals surface area contributed by atoms with E-state index in [4.69, 9.17) is 4.74 Å². The predicted octanol–water partition coefficient (Wildman–Crippen LogP) is 4.44. The van der Waals surface area contributed by atoms with E-state index < -0.39 is 5.60 Å². The second kappa shape index (κ2) is 9.27. The van der Waals surface area contributed by atoms with Gasteiger partial charge in [-0.3, -0.25) is 9.78 Å². The zero-order valence-corrected chi connectivity index (χ0v) is 18.9. The SMILES string of the molecule is Cc1c(NC(=O)c2ccc(OCC3CC3)cc2)ccc2cc(CNCC(C)(C)O)cnc12. The van der Waals surface area contributed by atoms with Gasteiger partial charge in [-0.25, -0.2) is 0 Å². The lowest BCUT2D eigenvalue weighted by atomic mass is 10.1. The molecule has 1 fully saturated rings. The van der Waals surface area contributed by atoms with Crippen LogP contribution in [0.25, 0.3) is 10.9 Å². The Labute approximate surface area is 189 Å². The molecule has 2 aromatic carbocycles. The third-order valence-corrected chi connectivity index (χ3v) is 5.60. The first-order valence-electron chi connectivity index (χ1n) is 11.1. The van der Waals surface area contributed by atoms with Crippen molar-refractivity contribution in [2.75, 3.05) is 18.5 Å². The molecule has 6 heteroatoms. The minimum Gasteiger partial charge on any atom is -0.493 e. The largest absolute Gasteiger partial charge is 0.493 e. The number of pyridine rings is 1. The smallest absolute Gasteiger partial charge is 0.255 e. The highest BCUT2D eigenvalue weighted by Crippen LogP contribution is 2.30. The predicted molar refractivity (Wildman–Crippen MR) is 127 cm³/mol. The van der Waals surface area contributed by atoms with Crippen LogP contribution >= 0.6 is 0 Å². The van der Waals surface area contributed by atoms with Crippen LogP contribution in [-0.4, -0.2) is 34.8 Å². The number of nitrogens with one attached hydrogen (secondary N) is 2. The summed E-state index contributed by atoms with van der Waals surface area (Å²) in [4.78, 5) is 17.4. The normalized spacial score (nSPS) is 13.9. The van der Waals surface area contributed by atoms with E-state index in [0.717, 1.165) is 40.1 Å². The molecular weight excluding hydrogens is 402 g/mol. The molecule has 3 N–H and O–H groups in total. The second-order valence-corrected chi connectivity index (χ2v) is 9.30. The van der Waals surface area contributed by atoms with E-state index >= 15 is 0 Å². The summed E-state index contributed by atoms with van der Waals surface area (Å²) in [6.45, 7) is 7.40. The molecule has 0 spiro atoms. The third-order valence-electron chi connectivity index (χ3n) is 5.60. The number of fused-ring (bicyclic) bond motifs is 1. The second-order valence-electron chi connectivity index (χ2n) is 9.30. The van der Waals surface area contributed by atoms with Crippen molar-refractivity contribution in [2.45, 2.75) is 45.8 Å². The number of carbonyl (C=O) groups excluding carboxylic acids is 1. The molecule has 0 saturated heterocycles. The fourth-order valence-corrected chi connectivity index (χ4v) is 3.53. The van der Waals surface area contributed by atoms with Crippen molar-refractivity contribution in [1.82, 2.24) is 10.3 Å². The van der Waals surface area contributed by atoms with Gasteiger partial charge in [0.25, 0.3) is 5.91 Å². The molecule has 0 atom stereocenters. The van der Waals surface area contributed by atoms with Crippen LogP contribution in [0, 0.1) is 12.8 Å². The minimum absolute atomic E-state index is 0.159. The first-order valence-corrected chi connectivity index (χ1v) is 11.1. The zero-order valence-electron chi connectivity index (χ0n) is 18.9. The third kappa shape index (κ3) is 5.84. The number of aliphatic hydroxyl groups is 1. The van der Waals surface area contributed by atoms with Gasteiger partial charge in [-0.2, -0.15) is 0 Å². The first kappa shape index (κ1) is 22.2. The van der Waals surface area contributed by atoms with E-state index in [0.29, 0.717) is 24.6 Å². The Morgan fingerprint density at radius 1 is 1.19 bits per heavy atom. The molecule has 0 radical (unpaired) electrons. The van der Waals surface area contributed by atoms with Crippen molar-refractivity contribution in [1.29, 1.82) is 0 Å². The standard InChI is InChI=1S/C26H31N3O3/c1-17-23(29-25(30)20-6-9-22(10-7-20)32-15-18-4-5-18)11-8-21-12-19(14-28-24(17)21)13-27-16-26(2,3)31/h6-12,14,18,27,31H,4-5,13,15-16H2,1-3H3,(H,29,30).